The number of tetrazole rings is 1. The molecule has 0 saturated carbocycles. The van der Waals surface area contributed by atoms with E-state index in [1.807, 2.05) is 6.92 Å². The molecule has 1 aromatic heterocycles. The predicted octanol–water partition coefficient (Wildman–Crippen LogP) is -0.161. The van der Waals surface area contributed by atoms with Crippen molar-refractivity contribution < 1.29 is 0 Å². The normalized spacial score (nSPS) is 10.3. The summed E-state index contributed by atoms with van der Waals surface area (Å²) in [6.07, 6.45) is 0. The molecule has 1 heterocycles. The van der Waals surface area contributed by atoms with Crippen LogP contribution in [0.25, 0.3) is 0 Å². The van der Waals surface area contributed by atoms with Crippen LogP contribution in [0.4, 0.5) is 0 Å². The summed E-state index contributed by atoms with van der Waals surface area (Å²) in [6.45, 7) is 4.59. The van der Waals surface area contributed by atoms with Gasteiger partial charge in [0.25, 0.3) is 0 Å². The molecule has 0 saturated heterocycles. The third-order valence-corrected chi connectivity index (χ3v) is 1.54. The summed E-state index contributed by atoms with van der Waals surface area (Å²) in [4.78, 5) is 0. The van der Waals surface area contributed by atoms with E-state index in [9.17, 15) is 0 Å². The SMILES string of the molecule is CCNCCn1nnnc1[S]. The second-order valence-corrected chi connectivity index (χ2v) is 2.40. The van der Waals surface area contributed by atoms with E-state index < -0.39 is 0 Å². The van der Waals surface area contributed by atoms with E-state index in [1.54, 1.807) is 4.68 Å². The standard InChI is InChI=1S/C5H10N5S/c1-2-6-3-4-10-5(11)7-8-9-10/h6H,2-4H2,1H3. The Morgan fingerprint density at radius 2 is 2.45 bits per heavy atom. The maximum absolute atomic E-state index is 4.83. The van der Waals surface area contributed by atoms with Crippen molar-refractivity contribution in [1.29, 1.82) is 0 Å². The van der Waals surface area contributed by atoms with Crippen molar-refractivity contribution in [2.45, 2.75) is 18.6 Å². The number of hydrogen-bond donors (Lipinski definition) is 1. The Hall–Kier alpha value is -0.750. The van der Waals surface area contributed by atoms with Crippen LogP contribution in [0, 0.1) is 0 Å². The summed E-state index contributed by atoms with van der Waals surface area (Å²) >= 11 is 4.83. The first-order valence-electron chi connectivity index (χ1n) is 3.48. The summed E-state index contributed by atoms with van der Waals surface area (Å²) in [6, 6.07) is 0. The van der Waals surface area contributed by atoms with Crippen LogP contribution in [0.5, 0.6) is 0 Å². The first kappa shape index (κ1) is 8.35. The van der Waals surface area contributed by atoms with Gasteiger partial charge in [-0.2, -0.15) is 0 Å². The number of rotatable bonds is 4. The predicted molar refractivity (Wildman–Crippen MR) is 42.2 cm³/mol. The molecule has 5 nitrogen and oxygen atoms in total. The molecule has 0 unspecified atom stereocenters. The van der Waals surface area contributed by atoms with Gasteiger partial charge in [-0.05, 0) is 29.6 Å². The average Bonchev–Trinajstić information content (AvgIpc) is 2.37. The molecule has 0 aliphatic carbocycles. The fourth-order valence-electron chi connectivity index (χ4n) is 0.699. The Bertz CT molecular complexity index is 210. The molecule has 0 spiro atoms. The van der Waals surface area contributed by atoms with Gasteiger partial charge in [0.15, 0.2) is 0 Å². The fourth-order valence-corrected chi connectivity index (χ4v) is 0.863. The van der Waals surface area contributed by atoms with Gasteiger partial charge in [0.2, 0.25) is 5.16 Å². The summed E-state index contributed by atoms with van der Waals surface area (Å²) in [5.74, 6) is 0. The van der Waals surface area contributed by atoms with E-state index in [1.165, 1.54) is 0 Å². The molecular weight excluding hydrogens is 162 g/mol. The first-order chi connectivity index (χ1) is 5.34. The smallest absolute Gasteiger partial charge is 0.240 e. The highest BCUT2D eigenvalue weighted by atomic mass is 32.1. The Kier molecular flexibility index (Phi) is 3.18. The van der Waals surface area contributed by atoms with Gasteiger partial charge in [0.1, 0.15) is 0 Å². The Morgan fingerprint density at radius 1 is 1.64 bits per heavy atom. The lowest BCUT2D eigenvalue weighted by Gasteiger charge is -1.99. The van der Waals surface area contributed by atoms with Crippen molar-refractivity contribution in [1.82, 2.24) is 25.5 Å². The highest BCUT2D eigenvalue weighted by Gasteiger charge is 1.99. The molecule has 0 fully saturated rings. The zero-order chi connectivity index (χ0) is 8.10. The quantitative estimate of drug-likeness (QED) is 0.641. The molecule has 1 radical (unpaired) electrons. The lowest BCUT2D eigenvalue weighted by molar-refractivity contribution is 0.518. The van der Waals surface area contributed by atoms with Crippen LogP contribution in [0.3, 0.4) is 0 Å². The second kappa shape index (κ2) is 4.20. The van der Waals surface area contributed by atoms with Crippen LogP contribution in [-0.4, -0.2) is 33.3 Å². The number of likely N-dealkylation sites (N-methyl/N-ethyl adjacent to an activating group) is 1. The largest absolute Gasteiger partial charge is 0.315 e. The van der Waals surface area contributed by atoms with E-state index in [0.29, 0.717) is 5.16 Å². The van der Waals surface area contributed by atoms with Crippen molar-refractivity contribution in [3.63, 3.8) is 0 Å². The van der Waals surface area contributed by atoms with E-state index >= 15 is 0 Å². The van der Waals surface area contributed by atoms with Crippen molar-refractivity contribution in [3.05, 3.63) is 0 Å². The third-order valence-electron chi connectivity index (χ3n) is 1.25. The summed E-state index contributed by atoms with van der Waals surface area (Å²) in [5, 5.41) is 14.3. The van der Waals surface area contributed by atoms with Crippen molar-refractivity contribution in [2.24, 2.45) is 0 Å². The minimum absolute atomic E-state index is 0.447. The Labute approximate surface area is 70.6 Å². The highest BCUT2D eigenvalue weighted by molar-refractivity contribution is 7.80. The van der Waals surface area contributed by atoms with Gasteiger partial charge in [0.05, 0.1) is 6.54 Å². The molecule has 0 aromatic carbocycles. The molecule has 0 atom stereocenters. The van der Waals surface area contributed by atoms with Crippen LogP contribution in [0.1, 0.15) is 6.92 Å². The summed E-state index contributed by atoms with van der Waals surface area (Å²) < 4.78 is 1.60. The van der Waals surface area contributed by atoms with Crippen molar-refractivity contribution >= 4 is 12.6 Å². The van der Waals surface area contributed by atoms with Crippen LogP contribution in [0.15, 0.2) is 5.16 Å². The Morgan fingerprint density at radius 3 is 3.00 bits per heavy atom. The van der Waals surface area contributed by atoms with Gasteiger partial charge in [-0.15, -0.1) is 0 Å². The van der Waals surface area contributed by atoms with Crippen LogP contribution < -0.4 is 5.32 Å². The molecule has 61 valence electrons. The van der Waals surface area contributed by atoms with Gasteiger partial charge in [0, 0.05) is 6.54 Å². The summed E-state index contributed by atoms with van der Waals surface area (Å²) in [7, 11) is 0. The molecule has 0 bridgehead atoms. The maximum Gasteiger partial charge on any atom is 0.240 e. The van der Waals surface area contributed by atoms with Gasteiger partial charge < -0.3 is 5.32 Å². The summed E-state index contributed by atoms with van der Waals surface area (Å²) in [5.41, 5.74) is 0. The molecular formula is C5H10N5S. The average molecular weight is 172 g/mol. The number of hydrogen-bond acceptors (Lipinski definition) is 4. The number of aromatic nitrogens is 4. The lowest BCUT2D eigenvalue weighted by atomic mass is 10.6. The lowest BCUT2D eigenvalue weighted by Crippen LogP contribution is -2.20. The van der Waals surface area contributed by atoms with E-state index in [-0.39, 0.29) is 0 Å². The van der Waals surface area contributed by atoms with E-state index in [4.69, 9.17) is 12.6 Å². The second-order valence-electron chi connectivity index (χ2n) is 2.04. The highest BCUT2D eigenvalue weighted by Crippen LogP contribution is 1.94. The minimum atomic E-state index is 0.447. The third kappa shape index (κ3) is 2.39. The van der Waals surface area contributed by atoms with Gasteiger partial charge >= 0.3 is 0 Å². The molecule has 0 amide bonds. The molecule has 6 heteroatoms. The zero-order valence-corrected chi connectivity index (χ0v) is 7.13. The van der Waals surface area contributed by atoms with E-state index in [2.05, 4.69) is 20.8 Å². The van der Waals surface area contributed by atoms with Crippen molar-refractivity contribution in [3.8, 4) is 0 Å². The molecule has 1 N–H and O–H groups in total. The van der Waals surface area contributed by atoms with Crippen molar-refractivity contribution in [2.75, 3.05) is 13.1 Å². The minimum Gasteiger partial charge on any atom is -0.315 e. The van der Waals surface area contributed by atoms with Gasteiger partial charge in [-0.1, -0.05) is 12.0 Å². The molecule has 0 aliphatic rings. The zero-order valence-electron chi connectivity index (χ0n) is 6.32. The van der Waals surface area contributed by atoms with Gasteiger partial charge in [-0.3, -0.25) is 0 Å². The maximum atomic E-state index is 4.83. The monoisotopic (exact) mass is 172 g/mol. The number of nitrogens with one attached hydrogen (secondary N) is 1. The first-order valence-corrected chi connectivity index (χ1v) is 3.89. The number of nitrogens with zero attached hydrogens (tertiary/aromatic N) is 4. The molecule has 0 aliphatic heterocycles. The molecule has 1 aromatic rings. The topological polar surface area (TPSA) is 55.6 Å². The molecule has 1 rings (SSSR count). The van der Waals surface area contributed by atoms with Crippen LogP contribution in [0.2, 0.25) is 0 Å². The molecule has 11 heavy (non-hydrogen) atoms. The fraction of sp³-hybridized carbons (Fsp3) is 0.800. The Balaban J connectivity index is 2.32. The van der Waals surface area contributed by atoms with Crippen LogP contribution in [-0.2, 0) is 6.54 Å². The van der Waals surface area contributed by atoms with Crippen LogP contribution >= 0.6 is 12.6 Å². The van der Waals surface area contributed by atoms with Gasteiger partial charge in [-0.25, -0.2) is 4.68 Å². The van der Waals surface area contributed by atoms with E-state index in [0.717, 1.165) is 19.6 Å².